The third-order valence-corrected chi connectivity index (χ3v) is 4.67. The highest BCUT2D eigenvalue weighted by molar-refractivity contribution is 5.86. The van der Waals surface area contributed by atoms with Crippen LogP contribution in [0.5, 0.6) is 0 Å². The van der Waals surface area contributed by atoms with Gasteiger partial charge in [0.05, 0.1) is 5.97 Å². The van der Waals surface area contributed by atoms with Crippen molar-refractivity contribution in [2.45, 2.75) is 19.3 Å². The molecule has 0 spiro atoms. The van der Waals surface area contributed by atoms with Crippen LogP contribution in [0.25, 0.3) is 0 Å². The summed E-state index contributed by atoms with van der Waals surface area (Å²) in [4.78, 5) is 26.7. The van der Waals surface area contributed by atoms with Crippen LogP contribution >= 0.6 is 0 Å². The lowest BCUT2D eigenvalue weighted by Gasteiger charge is -2.27. The van der Waals surface area contributed by atoms with Crippen molar-refractivity contribution in [3.63, 3.8) is 0 Å². The number of aromatic carboxylic acids is 1. The molecule has 148 valence electrons. The van der Waals surface area contributed by atoms with Gasteiger partial charge < -0.3 is 25.4 Å². The molecule has 0 unspecified atom stereocenters. The second kappa shape index (κ2) is 8.55. The van der Waals surface area contributed by atoms with E-state index < -0.39 is 5.97 Å². The molecule has 1 fully saturated rings. The lowest BCUT2D eigenvalue weighted by molar-refractivity contribution is -0.255. The van der Waals surface area contributed by atoms with Crippen LogP contribution in [-0.2, 0) is 0 Å². The highest BCUT2D eigenvalue weighted by atomic mass is 16.4. The Bertz CT molecular complexity index is 972. The van der Waals surface area contributed by atoms with Gasteiger partial charge in [-0.2, -0.15) is 15.0 Å². The fourth-order valence-corrected chi connectivity index (χ4v) is 3.18. The number of carboxylic acids is 1. The maximum absolute atomic E-state index is 10.9. The number of hydrogen-bond acceptors (Lipinski definition) is 8. The minimum absolute atomic E-state index is 0.117. The van der Waals surface area contributed by atoms with Crippen LogP contribution in [0.1, 0.15) is 29.6 Å². The molecule has 3 aromatic rings. The first-order valence-electron chi connectivity index (χ1n) is 9.59. The van der Waals surface area contributed by atoms with E-state index in [1.807, 2.05) is 30.3 Å². The second-order valence-electron chi connectivity index (χ2n) is 6.81. The molecule has 8 heteroatoms. The number of aromatic nitrogens is 3. The normalized spacial score (nSPS) is 13.7. The van der Waals surface area contributed by atoms with E-state index in [0.717, 1.165) is 31.6 Å². The Kier molecular flexibility index (Phi) is 5.51. The minimum atomic E-state index is -1.21. The van der Waals surface area contributed by atoms with Crippen LogP contribution in [0.15, 0.2) is 54.6 Å². The van der Waals surface area contributed by atoms with Crippen molar-refractivity contribution < 1.29 is 9.90 Å². The second-order valence-corrected chi connectivity index (χ2v) is 6.81. The van der Waals surface area contributed by atoms with Crippen molar-refractivity contribution in [2.75, 3.05) is 28.6 Å². The number of benzene rings is 2. The molecule has 1 saturated heterocycles. The Labute approximate surface area is 168 Å². The molecule has 4 rings (SSSR count). The third-order valence-electron chi connectivity index (χ3n) is 4.67. The van der Waals surface area contributed by atoms with Crippen LogP contribution in [0, 0.1) is 0 Å². The number of rotatable bonds is 6. The molecule has 0 amide bonds. The van der Waals surface area contributed by atoms with E-state index in [4.69, 9.17) is 0 Å². The summed E-state index contributed by atoms with van der Waals surface area (Å²) >= 11 is 0. The molecule has 29 heavy (non-hydrogen) atoms. The summed E-state index contributed by atoms with van der Waals surface area (Å²) < 4.78 is 0. The van der Waals surface area contributed by atoms with Crippen molar-refractivity contribution >= 4 is 35.2 Å². The lowest BCUT2D eigenvalue weighted by atomic mass is 10.1. The maximum Gasteiger partial charge on any atom is 0.233 e. The third kappa shape index (κ3) is 4.78. The lowest BCUT2D eigenvalue weighted by Crippen LogP contribution is -2.31. The van der Waals surface area contributed by atoms with Gasteiger partial charge in [-0.1, -0.05) is 30.3 Å². The predicted molar refractivity (Wildman–Crippen MR) is 110 cm³/mol. The standard InChI is InChI=1S/C21H22N6O2/c28-18(29)15-9-11-17(12-10-15)23-20-24-19(22-16-7-3-1-4-8-16)25-21(26-20)27-13-5-2-6-14-27/h1,3-4,7-12H,2,5-6,13-14H2,(H,28,29)(H2,22,23,24,25,26)/p-1. The van der Waals surface area contributed by atoms with Crippen LogP contribution in [0.2, 0.25) is 0 Å². The van der Waals surface area contributed by atoms with E-state index in [1.54, 1.807) is 12.1 Å². The number of carbonyl (C=O) groups excluding carboxylic acids is 1. The summed E-state index contributed by atoms with van der Waals surface area (Å²) in [5, 5.41) is 17.3. The molecule has 1 aliphatic rings. The minimum Gasteiger partial charge on any atom is -0.545 e. The summed E-state index contributed by atoms with van der Waals surface area (Å²) in [6, 6.07) is 16.0. The van der Waals surface area contributed by atoms with Gasteiger partial charge in [0.25, 0.3) is 0 Å². The molecule has 2 heterocycles. The van der Waals surface area contributed by atoms with Gasteiger partial charge in [-0.3, -0.25) is 0 Å². The summed E-state index contributed by atoms with van der Waals surface area (Å²) in [5.74, 6) is 0.242. The number of para-hydroxylation sites is 1. The van der Waals surface area contributed by atoms with Gasteiger partial charge in [0.1, 0.15) is 0 Å². The SMILES string of the molecule is O=C([O-])c1ccc(Nc2nc(Nc3ccccc3)nc(N3CCCCC3)n2)cc1. The largest absolute Gasteiger partial charge is 0.545 e. The Morgan fingerprint density at radius 1 is 0.793 bits per heavy atom. The summed E-state index contributed by atoms with van der Waals surface area (Å²) in [5.41, 5.74) is 1.68. The highest BCUT2D eigenvalue weighted by Gasteiger charge is 2.16. The zero-order valence-corrected chi connectivity index (χ0v) is 15.8. The predicted octanol–water partition coefficient (Wildman–Crippen LogP) is 2.71. The molecule has 1 aromatic heterocycles. The molecule has 0 aliphatic carbocycles. The average molecular weight is 389 g/mol. The van der Waals surface area contributed by atoms with Crippen molar-refractivity contribution in [2.24, 2.45) is 0 Å². The van der Waals surface area contributed by atoms with Crippen LogP contribution < -0.4 is 20.6 Å². The molecule has 0 bridgehead atoms. The van der Waals surface area contributed by atoms with Gasteiger partial charge in [-0.25, -0.2) is 0 Å². The zero-order valence-electron chi connectivity index (χ0n) is 15.8. The number of anilines is 5. The maximum atomic E-state index is 10.9. The van der Waals surface area contributed by atoms with E-state index in [0.29, 0.717) is 23.5 Å². The van der Waals surface area contributed by atoms with Crippen LogP contribution in [0.3, 0.4) is 0 Å². The molecule has 0 saturated carbocycles. The Morgan fingerprint density at radius 2 is 1.38 bits per heavy atom. The topological polar surface area (TPSA) is 106 Å². The smallest absolute Gasteiger partial charge is 0.233 e. The van der Waals surface area contributed by atoms with Crippen LogP contribution in [-0.4, -0.2) is 34.0 Å². The van der Waals surface area contributed by atoms with Gasteiger partial charge in [-0.15, -0.1) is 0 Å². The number of carbonyl (C=O) groups is 1. The molecule has 8 nitrogen and oxygen atoms in total. The number of carboxylic acid groups (broad SMARTS) is 1. The first-order valence-corrected chi connectivity index (χ1v) is 9.59. The highest BCUT2D eigenvalue weighted by Crippen LogP contribution is 2.22. The zero-order chi connectivity index (χ0) is 20.1. The van der Waals surface area contributed by atoms with Gasteiger partial charge >= 0.3 is 0 Å². The summed E-state index contributed by atoms with van der Waals surface area (Å²) in [7, 11) is 0. The van der Waals surface area contributed by atoms with Crippen LogP contribution in [0.4, 0.5) is 29.2 Å². The Balaban J connectivity index is 1.62. The first kappa shape index (κ1) is 18.7. The van der Waals surface area contributed by atoms with E-state index in [-0.39, 0.29) is 5.56 Å². The first-order chi connectivity index (χ1) is 14.2. The van der Waals surface area contributed by atoms with Crippen molar-refractivity contribution in [3.8, 4) is 0 Å². The van der Waals surface area contributed by atoms with E-state index in [2.05, 4.69) is 30.5 Å². The van der Waals surface area contributed by atoms with E-state index in [9.17, 15) is 9.90 Å². The van der Waals surface area contributed by atoms with Gasteiger partial charge in [0.2, 0.25) is 17.8 Å². The summed E-state index contributed by atoms with van der Waals surface area (Å²) in [6.07, 6.45) is 3.44. The quantitative estimate of drug-likeness (QED) is 0.663. The molecule has 2 aromatic carbocycles. The molecule has 0 atom stereocenters. The monoisotopic (exact) mass is 389 g/mol. The number of hydrogen-bond donors (Lipinski definition) is 2. The van der Waals surface area contributed by atoms with Gasteiger partial charge in [0.15, 0.2) is 0 Å². The van der Waals surface area contributed by atoms with E-state index in [1.165, 1.54) is 18.6 Å². The number of nitrogens with one attached hydrogen (secondary N) is 2. The Morgan fingerprint density at radius 3 is 1.97 bits per heavy atom. The average Bonchev–Trinajstić information content (AvgIpc) is 2.75. The van der Waals surface area contributed by atoms with Crippen molar-refractivity contribution in [1.82, 2.24) is 15.0 Å². The van der Waals surface area contributed by atoms with Gasteiger partial charge in [-0.05, 0) is 49.1 Å². The fraction of sp³-hybridized carbons (Fsp3) is 0.238. The van der Waals surface area contributed by atoms with Gasteiger partial charge in [0, 0.05) is 24.5 Å². The molecule has 2 N–H and O–H groups in total. The molecule has 1 aliphatic heterocycles. The van der Waals surface area contributed by atoms with Crippen molar-refractivity contribution in [1.29, 1.82) is 0 Å². The number of nitrogens with zero attached hydrogens (tertiary/aromatic N) is 4. The van der Waals surface area contributed by atoms with Crippen molar-refractivity contribution in [3.05, 3.63) is 60.2 Å². The summed E-state index contributed by atoms with van der Waals surface area (Å²) in [6.45, 7) is 1.82. The fourth-order valence-electron chi connectivity index (χ4n) is 3.18. The molecular formula is C21H21N6O2-. The Hall–Kier alpha value is -3.68. The van der Waals surface area contributed by atoms with E-state index >= 15 is 0 Å². The molecular weight excluding hydrogens is 368 g/mol. The molecule has 0 radical (unpaired) electrons. The number of piperidine rings is 1.